The minimum Gasteiger partial charge on any atom is -0.465 e. The standard InChI is InChI=1S/C15H22N2O3/c1-9(2)8-12(16)14(18)17-13-7-5-6-11(10(13)3)15(19)20-4/h5-7,9,12H,8,16H2,1-4H3,(H,17,18). The number of carbonyl (C=O) groups is 2. The van der Waals surface area contributed by atoms with Crippen molar-refractivity contribution in [2.75, 3.05) is 12.4 Å². The fourth-order valence-corrected chi connectivity index (χ4v) is 1.94. The summed E-state index contributed by atoms with van der Waals surface area (Å²) >= 11 is 0. The zero-order valence-corrected chi connectivity index (χ0v) is 12.4. The first-order chi connectivity index (χ1) is 9.36. The molecule has 0 aliphatic rings. The Labute approximate surface area is 119 Å². The van der Waals surface area contributed by atoms with Gasteiger partial charge in [0.1, 0.15) is 0 Å². The molecule has 1 aromatic rings. The van der Waals surface area contributed by atoms with Gasteiger partial charge in [-0.05, 0) is 37.0 Å². The molecule has 0 aliphatic carbocycles. The third-order valence-corrected chi connectivity index (χ3v) is 3.06. The highest BCUT2D eigenvalue weighted by atomic mass is 16.5. The molecule has 1 unspecified atom stereocenters. The predicted molar refractivity (Wildman–Crippen MR) is 78.6 cm³/mol. The van der Waals surface area contributed by atoms with Crippen molar-refractivity contribution in [3.8, 4) is 0 Å². The molecule has 3 N–H and O–H groups in total. The van der Waals surface area contributed by atoms with Gasteiger partial charge >= 0.3 is 5.97 Å². The highest BCUT2D eigenvalue weighted by Crippen LogP contribution is 2.20. The number of nitrogens with one attached hydrogen (secondary N) is 1. The number of nitrogens with two attached hydrogens (primary N) is 1. The average Bonchev–Trinajstić information content (AvgIpc) is 2.39. The lowest BCUT2D eigenvalue weighted by atomic mass is 10.0. The molecule has 0 fully saturated rings. The Morgan fingerprint density at radius 3 is 2.55 bits per heavy atom. The van der Waals surface area contributed by atoms with Gasteiger partial charge in [-0.1, -0.05) is 19.9 Å². The molecule has 1 rings (SSSR count). The molecular formula is C15H22N2O3. The number of hydrogen-bond acceptors (Lipinski definition) is 4. The van der Waals surface area contributed by atoms with Crippen LogP contribution in [0.15, 0.2) is 18.2 Å². The lowest BCUT2D eigenvalue weighted by molar-refractivity contribution is -0.117. The van der Waals surface area contributed by atoms with Gasteiger partial charge in [0.25, 0.3) is 0 Å². The summed E-state index contributed by atoms with van der Waals surface area (Å²) in [5.41, 5.74) is 7.52. The molecule has 0 aliphatic heterocycles. The van der Waals surface area contributed by atoms with E-state index >= 15 is 0 Å². The van der Waals surface area contributed by atoms with E-state index in [2.05, 4.69) is 5.32 Å². The van der Waals surface area contributed by atoms with Crippen LogP contribution in [0.4, 0.5) is 5.69 Å². The Balaban J connectivity index is 2.88. The van der Waals surface area contributed by atoms with E-state index in [0.29, 0.717) is 29.2 Å². The number of amides is 1. The first-order valence-corrected chi connectivity index (χ1v) is 6.61. The normalized spacial score (nSPS) is 12.1. The summed E-state index contributed by atoms with van der Waals surface area (Å²) in [5.74, 6) is -0.327. The van der Waals surface area contributed by atoms with Crippen LogP contribution in [0.2, 0.25) is 0 Å². The minimum absolute atomic E-state index is 0.246. The highest BCUT2D eigenvalue weighted by molar-refractivity contribution is 5.98. The summed E-state index contributed by atoms with van der Waals surface area (Å²) in [7, 11) is 1.32. The van der Waals surface area contributed by atoms with Gasteiger partial charge in [0.2, 0.25) is 5.91 Å². The van der Waals surface area contributed by atoms with E-state index in [1.54, 1.807) is 25.1 Å². The van der Waals surface area contributed by atoms with Crippen molar-refractivity contribution in [3.63, 3.8) is 0 Å². The van der Waals surface area contributed by atoms with Gasteiger partial charge in [0.05, 0.1) is 18.7 Å². The molecule has 1 aromatic carbocycles. The van der Waals surface area contributed by atoms with Gasteiger partial charge in [-0.15, -0.1) is 0 Å². The number of esters is 1. The van der Waals surface area contributed by atoms with Crippen molar-refractivity contribution < 1.29 is 14.3 Å². The maximum Gasteiger partial charge on any atom is 0.338 e. The molecule has 20 heavy (non-hydrogen) atoms. The topological polar surface area (TPSA) is 81.4 Å². The summed E-state index contributed by atoms with van der Waals surface area (Å²) in [6, 6.07) is 4.53. The highest BCUT2D eigenvalue weighted by Gasteiger charge is 2.18. The molecule has 0 saturated carbocycles. The molecule has 0 bridgehead atoms. The van der Waals surface area contributed by atoms with E-state index in [1.165, 1.54) is 7.11 Å². The number of anilines is 1. The third kappa shape index (κ3) is 4.06. The third-order valence-electron chi connectivity index (χ3n) is 3.06. The molecule has 5 heteroatoms. The lowest BCUT2D eigenvalue weighted by Crippen LogP contribution is -2.36. The van der Waals surface area contributed by atoms with E-state index in [9.17, 15) is 9.59 Å². The number of methoxy groups -OCH3 is 1. The monoisotopic (exact) mass is 278 g/mol. The van der Waals surface area contributed by atoms with E-state index in [1.807, 2.05) is 13.8 Å². The van der Waals surface area contributed by atoms with Crippen LogP contribution in [0.25, 0.3) is 0 Å². The second-order valence-electron chi connectivity index (χ2n) is 5.20. The second-order valence-corrected chi connectivity index (χ2v) is 5.20. The van der Waals surface area contributed by atoms with Gasteiger partial charge in [-0.25, -0.2) is 4.79 Å². The molecule has 5 nitrogen and oxygen atoms in total. The molecule has 0 spiro atoms. The molecule has 0 aromatic heterocycles. The van der Waals surface area contributed by atoms with Crippen LogP contribution in [0.3, 0.4) is 0 Å². The quantitative estimate of drug-likeness (QED) is 0.808. The first kappa shape index (κ1) is 16.2. The van der Waals surface area contributed by atoms with E-state index in [-0.39, 0.29) is 5.91 Å². The second kappa shape index (κ2) is 7.05. The first-order valence-electron chi connectivity index (χ1n) is 6.61. The summed E-state index contributed by atoms with van der Waals surface area (Å²) < 4.78 is 4.70. The molecule has 0 saturated heterocycles. The maximum absolute atomic E-state index is 12.0. The van der Waals surface area contributed by atoms with Crippen molar-refractivity contribution in [2.45, 2.75) is 33.2 Å². The zero-order chi connectivity index (χ0) is 15.3. The number of hydrogen-bond donors (Lipinski definition) is 2. The van der Waals surface area contributed by atoms with Crippen molar-refractivity contribution >= 4 is 17.6 Å². The molecule has 0 radical (unpaired) electrons. The Kier molecular flexibility index (Phi) is 5.70. The predicted octanol–water partition coefficient (Wildman–Crippen LogP) is 2.09. The largest absolute Gasteiger partial charge is 0.465 e. The summed E-state index contributed by atoms with van der Waals surface area (Å²) in [6.07, 6.45) is 0.613. The van der Waals surface area contributed by atoms with E-state index in [4.69, 9.17) is 10.5 Å². The van der Waals surface area contributed by atoms with Crippen LogP contribution in [0.5, 0.6) is 0 Å². The van der Waals surface area contributed by atoms with Crippen molar-refractivity contribution in [2.24, 2.45) is 11.7 Å². The summed E-state index contributed by atoms with van der Waals surface area (Å²) in [5, 5.41) is 2.76. The zero-order valence-electron chi connectivity index (χ0n) is 12.4. The molecule has 110 valence electrons. The van der Waals surface area contributed by atoms with E-state index < -0.39 is 12.0 Å². The molecule has 1 amide bonds. The number of benzene rings is 1. The van der Waals surface area contributed by atoms with Gasteiger partial charge in [0.15, 0.2) is 0 Å². The van der Waals surface area contributed by atoms with Crippen LogP contribution in [0.1, 0.15) is 36.2 Å². The van der Waals surface area contributed by atoms with Gasteiger partial charge in [-0.2, -0.15) is 0 Å². The van der Waals surface area contributed by atoms with Crippen molar-refractivity contribution in [3.05, 3.63) is 29.3 Å². The van der Waals surface area contributed by atoms with Crippen LogP contribution in [0, 0.1) is 12.8 Å². The van der Waals surface area contributed by atoms with Crippen LogP contribution < -0.4 is 11.1 Å². The lowest BCUT2D eigenvalue weighted by Gasteiger charge is -2.16. The Hall–Kier alpha value is -1.88. The van der Waals surface area contributed by atoms with Crippen LogP contribution >= 0.6 is 0 Å². The fourth-order valence-electron chi connectivity index (χ4n) is 1.94. The fraction of sp³-hybridized carbons (Fsp3) is 0.467. The minimum atomic E-state index is -0.559. The maximum atomic E-state index is 12.0. The van der Waals surface area contributed by atoms with E-state index in [0.717, 1.165) is 0 Å². The molecule has 0 heterocycles. The smallest absolute Gasteiger partial charge is 0.338 e. The van der Waals surface area contributed by atoms with Crippen LogP contribution in [-0.2, 0) is 9.53 Å². The molecular weight excluding hydrogens is 256 g/mol. The number of rotatable bonds is 5. The molecule has 1 atom stereocenters. The van der Waals surface area contributed by atoms with Gasteiger partial charge in [-0.3, -0.25) is 4.79 Å². The van der Waals surface area contributed by atoms with Crippen molar-refractivity contribution in [1.82, 2.24) is 0 Å². The summed E-state index contributed by atoms with van der Waals surface area (Å²) in [6.45, 7) is 5.78. The Morgan fingerprint density at radius 1 is 1.35 bits per heavy atom. The number of carbonyl (C=O) groups excluding carboxylic acids is 2. The van der Waals surface area contributed by atoms with Gasteiger partial charge < -0.3 is 15.8 Å². The summed E-state index contributed by atoms with van der Waals surface area (Å²) in [4.78, 5) is 23.6. The van der Waals surface area contributed by atoms with Gasteiger partial charge in [0, 0.05) is 5.69 Å². The van der Waals surface area contributed by atoms with Crippen LogP contribution in [-0.4, -0.2) is 25.0 Å². The Morgan fingerprint density at radius 2 is 2.00 bits per heavy atom. The SMILES string of the molecule is COC(=O)c1cccc(NC(=O)C(N)CC(C)C)c1C. The average molecular weight is 278 g/mol. The number of ether oxygens (including phenoxy) is 1. The Bertz CT molecular complexity index is 498. The van der Waals surface area contributed by atoms with Crippen molar-refractivity contribution in [1.29, 1.82) is 0 Å².